The summed E-state index contributed by atoms with van der Waals surface area (Å²) in [6.45, 7) is 3.74. The molecule has 1 atom stereocenters. The molecule has 6 nitrogen and oxygen atoms in total. The Morgan fingerprint density at radius 1 is 1.15 bits per heavy atom. The largest absolute Gasteiger partial charge is 0.496 e. The van der Waals surface area contributed by atoms with Gasteiger partial charge in [0.25, 0.3) is 5.56 Å². The molecule has 0 saturated carbocycles. The Hall–Kier alpha value is -3.71. The Kier molecular flexibility index (Phi) is 6.70. The van der Waals surface area contributed by atoms with E-state index in [1.807, 2.05) is 66.7 Å². The van der Waals surface area contributed by atoms with Crippen molar-refractivity contribution >= 4 is 29.5 Å². The van der Waals surface area contributed by atoms with Crippen LogP contribution in [0, 0.1) is 0 Å². The molecule has 2 heterocycles. The number of hydrogen-bond donors (Lipinski definition) is 0. The van der Waals surface area contributed by atoms with E-state index < -0.39 is 12.0 Å². The highest BCUT2D eigenvalue weighted by Crippen LogP contribution is 2.35. The van der Waals surface area contributed by atoms with Crippen molar-refractivity contribution in [3.63, 3.8) is 0 Å². The summed E-state index contributed by atoms with van der Waals surface area (Å²) in [6.07, 6.45) is 5.56. The number of thiazole rings is 1. The van der Waals surface area contributed by atoms with Crippen molar-refractivity contribution in [1.82, 2.24) is 4.57 Å². The summed E-state index contributed by atoms with van der Waals surface area (Å²) in [6, 6.07) is 16.5. The van der Waals surface area contributed by atoms with Crippen LogP contribution in [0.5, 0.6) is 5.75 Å². The molecule has 0 amide bonds. The molecule has 4 rings (SSSR count). The van der Waals surface area contributed by atoms with Gasteiger partial charge in [-0.1, -0.05) is 72.0 Å². The number of nitrogens with zero attached hydrogens (tertiary/aromatic N) is 2. The van der Waals surface area contributed by atoms with E-state index in [2.05, 4.69) is 4.99 Å². The highest BCUT2D eigenvalue weighted by molar-refractivity contribution is 7.07. The number of carbonyl (C=O) groups excluding carboxylic acids is 1. The van der Waals surface area contributed by atoms with Gasteiger partial charge in [-0.05, 0) is 31.6 Å². The smallest absolute Gasteiger partial charge is 0.338 e. The minimum Gasteiger partial charge on any atom is -0.496 e. The van der Waals surface area contributed by atoms with Crippen LogP contribution in [0.15, 0.2) is 81.7 Å². The molecule has 0 N–H and O–H groups in total. The van der Waals surface area contributed by atoms with Crippen LogP contribution in [0.25, 0.3) is 12.2 Å². The molecule has 1 aliphatic heterocycles. The van der Waals surface area contributed by atoms with E-state index in [1.54, 1.807) is 31.6 Å². The number of methoxy groups -OCH3 is 1. The summed E-state index contributed by atoms with van der Waals surface area (Å²) in [4.78, 5) is 31.6. The predicted octanol–water partition coefficient (Wildman–Crippen LogP) is 3.47. The topological polar surface area (TPSA) is 69.9 Å². The van der Waals surface area contributed by atoms with E-state index in [-0.39, 0.29) is 12.2 Å². The monoisotopic (exact) mass is 460 g/mol. The summed E-state index contributed by atoms with van der Waals surface area (Å²) < 4.78 is 13.0. The van der Waals surface area contributed by atoms with Gasteiger partial charge in [-0.3, -0.25) is 9.36 Å². The van der Waals surface area contributed by atoms with Crippen molar-refractivity contribution in [2.24, 2.45) is 4.99 Å². The standard InChI is InChI=1S/C26H24N2O4S/c1-4-32-25(30)22-17(2)27-26-28(23(22)19-14-8-9-15-20(19)31-3)24(29)21(33-26)16-10-13-18-11-6-5-7-12-18/h5-16,23H,4H2,1-3H3/b13-10+,21-16?/t23-/m1/s1. The van der Waals surface area contributed by atoms with Gasteiger partial charge in [0.1, 0.15) is 11.8 Å². The Balaban J connectivity index is 1.90. The zero-order valence-electron chi connectivity index (χ0n) is 18.6. The van der Waals surface area contributed by atoms with Gasteiger partial charge < -0.3 is 9.47 Å². The van der Waals surface area contributed by atoms with Crippen LogP contribution in [-0.4, -0.2) is 24.3 Å². The lowest BCUT2D eigenvalue weighted by molar-refractivity contribution is -0.139. The number of benzene rings is 2. The van der Waals surface area contributed by atoms with Gasteiger partial charge in [-0.2, -0.15) is 0 Å². The Morgan fingerprint density at radius 3 is 2.61 bits per heavy atom. The van der Waals surface area contributed by atoms with Gasteiger partial charge in [0, 0.05) is 5.56 Å². The number of fused-ring (bicyclic) bond motifs is 1. The van der Waals surface area contributed by atoms with Crippen molar-refractivity contribution in [2.75, 3.05) is 13.7 Å². The van der Waals surface area contributed by atoms with Crippen LogP contribution in [0.2, 0.25) is 0 Å². The lowest BCUT2D eigenvalue weighted by Crippen LogP contribution is -2.40. The van der Waals surface area contributed by atoms with Crippen LogP contribution in [0.1, 0.15) is 31.0 Å². The first-order valence-corrected chi connectivity index (χ1v) is 11.4. The lowest BCUT2D eigenvalue weighted by Gasteiger charge is -2.25. The Bertz CT molecular complexity index is 1410. The van der Waals surface area contributed by atoms with Gasteiger partial charge in [0.05, 0.1) is 29.5 Å². The number of allylic oxidation sites excluding steroid dienone is 2. The third-order valence-corrected chi connectivity index (χ3v) is 6.29. The van der Waals surface area contributed by atoms with Crippen molar-refractivity contribution in [1.29, 1.82) is 0 Å². The second kappa shape index (κ2) is 9.83. The van der Waals surface area contributed by atoms with E-state index in [0.29, 0.717) is 31.9 Å². The number of ether oxygens (including phenoxy) is 2. The number of para-hydroxylation sites is 1. The van der Waals surface area contributed by atoms with E-state index in [9.17, 15) is 9.59 Å². The quantitative estimate of drug-likeness (QED) is 0.528. The number of hydrogen-bond acceptors (Lipinski definition) is 6. The maximum Gasteiger partial charge on any atom is 0.338 e. The minimum absolute atomic E-state index is 0.221. The molecule has 168 valence electrons. The first kappa shape index (κ1) is 22.5. The third kappa shape index (κ3) is 4.45. The van der Waals surface area contributed by atoms with Gasteiger partial charge in [0.2, 0.25) is 0 Å². The van der Waals surface area contributed by atoms with E-state index in [4.69, 9.17) is 9.47 Å². The number of carbonyl (C=O) groups is 1. The average Bonchev–Trinajstić information content (AvgIpc) is 3.13. The molecule has 1 aromatic heterocycles. The number of aromatic nitrogens is 1. The highest BCUT2D eigenvalue weighted by atomic mass is 32.1. The second-order valence-electron chi connectivity index (χ2n) is 7.34. The normalized spacial score (nSPS) is 16.0. The van der Waals surface area contributed by atoms with Gasteiger partial charge in [-0.25, -0.2) is 9.79 Å². The predicted molar refractivity (Wildman–Crippen MR) is 130 cm³/mol. The van der Waals surface area contributed by atoms with Crippen LogP contribution in [-0.2, 0) is 9.53 Å². The van der Waals surface area contributed by atoms with Crippen LogP contribution >= 0.6 is 11.3 Å². The third-order valence-electron chi connectivity index (χ3n) is 5.29. The average molecular weight is 461 g/mol. The fraction of sp³-hybridized carbons (Fsp3) is 0.192. The molecule has 0 saturated heterocycles. The Morgan fingerprint density at radius 2 is 1.88 bits per heavy atom. The molecule has 0 spiro atoms. The van der Waals surface area contributed by atoms with Crippen molar-refractivity contribution in [2.45, 2.75) is 19.9 Å². The summed E-state index contributed by atoms with van der Waals surface area (Å²) >= 11 is 1.29. The highest BCUT2D eigenvalue weighted by Gasteiger charge is 2.34. The molecule has 0 fully saturated rings. The summed E-state index contributed by atoms with van der Waals surface area (Å²) in [5, 5.41) is 0. The molecule has 1 aliphatic rings. The molecule has 2 aromatic carbocycles. The first-order valence-electron chi connectivity index (χ1n) is 10.6. The number of rotatable bonds is 6. The maximum atomic E-state index is 13.5. The summed E-state index contributed by atoms with van der Waals surface area (Å²) in [5.41, 5.74) is 2.37. The molecule has 33 heavy (non-hydrogen) atoms. The molecule has 0 aliphatic carbocycles. The number of esters is 1. The molecule has 0 unspecified atom stereocenters. The van der Waals surface area contributed by atoms with E-state index >= 15 is 0 Å². The van der Waals surface area contributed by atoms with Gasteiger partial charge in [0.15, 0.2) is 4.80 Å². The zero-order valence-corrected chi connectivity index (χ0v) is 19.5. The van der Waals surface area contributed by atoms with Crippen molar-refractivity contribution in [3.8, 4) is 5.75 Å². The second-order valence-corrected chi connectivity index (χ2v) is 8.35. The van der Waals surface area contributed by atoms with Gasteiger partial charge >= 0.3 is 5.97 Å². The maximum absolute atomic E-state index is 13.5. The van der Waals surface area contributed by atoms with E-state index in [0.717, 1.165) is 5.56 Å². The minimum atomic E-state index is -0.697. The van der Waals surface area contributed by atoms with E-state index in [1.165, 1.54) is 11.3 Å². The molecule has 0 bridgehead atoms. The molecular formula is C26H24N2O4S. The fourth-order valence-electron chi connectivity index (χ4n) is 3.80. The van der Waals surface area contributed by atoms with Crippen LogP contribution in [0.3, 0.4) is 0 Å². The molecular weight excluding hydrogens is 436 g/mol. The fourth-order valence-corrected chi connectivity index (χ4v) is 4.80. The van der Waals surface area contributed by atoms with Gasteiger partial charge in [-0.15, -0.1) is 0 Å². The summed E-state index contributed by atoms with van der Waals surface area (Å²) in [7, 11) is 1.57. The first-order chi connectivity index (χ1) is 16.0. The molecule has 3 aromatic rings. The SMILES string of the molecule is CCOC(=O)C1=C(C)N=c2sc(=C/C=C/c3ccccc3)c(=O)n2[C@@H]1c1ccccc1OC. The lowest BCUT2D eigenvalue weighted by atomic mass is 9.95. The van der Waals surface area contributed by atoms with Crippen molar-refractivity contribution < 1.29 is 14.3 Å². The van der Waals surface area contributed by atoms with Crippen molar-refractivity contribution in [3.05, 3.63) is 103 Å². The molecule has 0 radical (unpaired) electrons. The summed E-state index contributed by atoms with van der Waals surface area (Å²) in [5.74, 6) is 0.0884. The Labute approximate surface area is 195 Å². The zero-order chi connectivity index (χ0) is 23.4. The molecule has 7 heteroatoms. The van der Waals surface area contributed by atoms with Crippen LogP contribution in [0.4, 0.5) is 0 Å². The van der Waals surface area contributed by atoms with Crippen LogP contribution < -0.4 is 19.6 Å².